The predicted molar refractivity (Wildman–Crippen MR) is 125 cm³/mol. The molecular weight excluding hydrogens is 424 g/mol. The van der Waals surface area contributed by atoms with Crippen LogP contribution in [0.3, 0.4) is 0 Å². The molecule has 0 saturated heterocycles. The van der Waals surface area contributed by atoms with Gasteiger partial charge in [0.25, 0.3) is 0 Å². The number of hydrogen-bond donors (Lipinski definition) is 0. The van der Waals surface area contributed by atoms with Crippen LogP contribution in [0.25, 0.3) is 11.3 Å². The second-order valence-corrected chi connectivity index (χ2v) is 8.70. The van der Waals surface area contributed by atoms with Crippen LogP contribution in [0.5, 0.6) is 0 Å². The molecule has 0 aliphatic heterocycles. The molecule has 0 fully saturated rings. The number of halogens is 1. The number of nitrogens with zero attached hydrogens (tertiary/aromatic N) is 4. The Balaban J connectivity index is 2.12. The van der Waals surface area contributed by atoms with Gasteiger partial charge >= 0.3 is 0 Å². The molecule has 0 amide bonds. The number of pyridine rings is 1. The van der Waals surface area contributed by atoms with E-state index in [9.17, 15) is 0 Å². The van der Waals surface area contributed by atoms with E-state index in [1.54, 1.807) is 0 Å². The summed E-state index contributed by atoms with van der Waals surface area (Å²) in [6.07, 6.45) is 0. The summed E-state index contributed by atoms with van der Waals surface area (Å²) in [7, 11) is 0. The van der Waals surface area contributed by atoms with Crippen molar-refractivity contribution in [2.75, 3.05) is 11.4 Å². The van der Waals surface area contributed by atoms with Crippen molar-refractivity contribution >= 4 is 27.6 Å². The second kappa shape index (κ2) is 8.62. The normalized spacial score (nSPS) is 11.2. The van der Waals surface area contributed by atoms with Gasteiger partial charge in [0.1, 0.15) is 0 Å². The molecule has 0 saturated carbocycles. The van der Waals surface area contributed by atoms with Crippen molar-refractivity contribution in [3.05, 3.63) is 63.0 Å². The van der Waals surface area contributed by atoms with E-state index in [-0.39, 0.29) is 0 Å². The minimum Gasteiger partial charge on any atom is -0.310 e. The Hall–Kier alpha value is -2.27. The first-order valence-corrected chi connectivity index (χ1v) is 10.9. The summed E-state index contributed by atoms with van der Waals surface area (Å²) in [4.78, 5) is 16.5. The Morgan fingerprint density at radius 3 is 2.21 bits per heavy atom. The highest BCUT2D eigenvalue weighted by molar-refractivity contribution is 9.10. The summed E-state index contributed by atoms with van der Waals surface area (Å²) in [5, 5.41) is 0. The Morgan fingerprint density at radius 2 is 1.62 bits per heavy atom. The second-order valence-electron chi connectivity index (χ2n) is 7.85. The first-order valence-electron chi connectivity index (χ1n) is 10.1. The standard InChI is InChI=1S/C24H29BrN4/c1-8-29(22-10-9-19(14(2)3)13-20(22)25)24-27-17(6)12-21(28-24)23-15(4)11-16(5)26-18(23)7/h9-14H,8H2,1-7H3. The molecule has 0 unspecified atom stereocenters. The molecular formula is C24H29BrN4. The summed E-state index contributed by atoms with van der Waals surface area (Å²) >= 11 is 3.76. The first-order chi connectivity index (χ1) is 13.7. The number of aryl methyl sites for hydroxylation is 4. The van der Waals surface area contributed by atoms with Gasteiger partial charge in [0.2, 0.25) is 5.95 Å². The van der Waals surface area contributed by atoms with Crippen LogP contribution in [0.4, 0.5) is 11.6 Å². The molecule has 0 radical (unpaired) electrons. The molecule has 5 heteroatoms. The number of hydrogen-bond acceptors (Lipinski definition) is 4. The number of benzene rings is 1. The monoisotopic (exact) mass is 452 g/mol. The van der Waals surface area contributed by atoms with Crippen molar-refractivity contribution in [3.63, 3.8) is 0 Å². The maximum atomic E-state index is 4.96. The van der Waals surface area contributed by atoms with E-state index in [1.807, 2.05) is 26.8 Å². The van der Waals surface area contributed by atoms with Crippen molar-refractivity contribution in [2.24, 2.45) is 0 Å². The summed E-state index contributed by atoms with van der Waals surface area (Å²) in [5.41, 5.74) is 8.54. The van der Waals surface area contributed by atoms with Crippen LogP contribution in [0, 0.1) is 27.7 Å². The third-order valence-electron chi connectivity index (χ3n) is 5.11. The van der Waals surface area contributed by atoms with E-state index in [0.29, 0.717) is 11.9 Å². The van der Waals surface area contributed by atoms with E-state index >= 15 is 0 Å². The first kappa shape index (κ1) is 21.4. The van der Waals surface area contributed by atoms with Crippen LogP contribution in [0.15, 0.2) is 34.8 Å². The summed E-state index contributed by atoms with van der Waals surface area (Å²) in [5.74, 6) is 1.19. The summed E-state index contributed by atoms with van der Waals surface area (Å²) < 4.78 is 1.06. The molecule has 0 aliphatic rings. The van der Waals surface area contributed by atoms with Gasteiger partial charge in [-0.3, -0.25) is 4.98 Å². The summed E-state index contributed by atoms with van der Waals surface area (Å²) in [6.45, 7) is 15.5. The van der Waals surface area contributed by atoms with Crippen LogP contribution >= 0.6 is 15.9 Å². The molecule has 152 valence electrons. The lowest BCUT2D eigenvalue weighted by Gasteiger charge is -2.24. The fourth-order valence-electron chi connectivity index (χ4n) is 3.73. The minimum absolute atomic E-state index is 0.484. The zero-order chi connectivity index (χ0) is 21.3. The Morgan fingerprint density at radius 1 is 0.931 bits per heavy atom. The molecule has 0 aliphatic carbocycles. The molecule has 2 aromatic heterocycles. The van der Waals surface area contributed by atoms with E-state index in [1.165, 1.54) is 11.1 Å². The third-order valence-corrected chi connectivity index (χ3v) is 5.75. The van der Waals surface area contributed by atoms with E-state index in [4.69, 9.17) is 9.97 Å². The number of aromatic nitrogens is 3. The van der Waals surface area contributed by atoms with Crippen LogP contribution < -0.4 is 4.90 Å². The SMILES string of the molecule is CCN(c1nc(C)cc(-c2c(C)cc(C)nc2C)n1)c1ccc(C(C)C)cc1Br. The van der Waals surface area contributed by atoms with Gasteiger partial charge in [-0.25, -0.2) is 9.97 Å². The molecule has 0 spiro atoms. The lowest BCUT2D eigenvalue weighted by Crippen LogP contribution is -2.20. The Bertz CT molecular complexity index is 1020. The predicted octanol–water partition coefficient (Wildman–Crippen LogP) is 6.82. The molecule has 0 N–H and O–H groups in total. The highest BCUT2D eigenvalue weighted by Gasteiger charge is 2.18. The average molecular weight is 453 g/mol. The van der Waals surface area contributed by atoms with E-state index in [0.717, 1.165) is 45.0 Å². The fraction of sp³-hybridized carbons (Fsp3) is 0.375. The molecule has 2 heterocycles. The van der Waals surface area contributed by atoms with Gasteiger partial charge in [0, 0.05) is 33.7 Å². The van der Waals surface area contributed by atoms with Crippen molar-refractivity contribution < 1.29 is 0 Å². The van der Waals surface area contributed by atoms with E-state index in [2.05, 4.69) is 77.8 Å². The van der Waals surface area contributed by atoms with Crippen molar-refractivity contribution in [1.82, 2.24) is 15.0 Å². The largest absolute Gasteiger partial charge is 0.310 e. The zero-order valence-corrected chi connectivity index (χ0v) is 19.9. The van der Waals surface area contributed by atoms with Gasteiger partial charge in [-0.15, -0.1) is 0 Å². The molecule has 3 aromatic rings. The zero-order valence-electron chi connectivity index (χ0n) is 18.3. The topological polar surface area (TPSA) is 41.9 Å². The lowest BCUT2D eigenvalue weighted by molar-refractivity contribution is 0.863. The molecule has 4 nitrogen and oxygen atoms in total. The van der Waals surface area contributed by atoms with Crippen molar-refractivity contribution in [1.29, 1.82) is 0 Å². The van der Waals surface area contributed by atoms with Crippen LogP contribution in [-0.2, 0) is 0 Å². The molecule has 0 bridgehead atoms. The van der Waals surface area contributed by atoms with Gasteiger partial charge in [-0.05, 0) is 91.9 Å². The molecule has 29 heavy (non-hydrogen) atoms. The van der Waals surface area contributed by atoms with Gasteiger partial charge in [0.15, 0.2) is 0 Å². The molecule has 1 aromatic carbocycles. The van der Waals surface area contributed by atoms with Crippen LogP contribution in [0.1, 0.15) is 54.9 Å². The van der Waals surface area contributed by atoms with Gasteiger partial charge < -0.3 is 4.90 Å². The van der Waals surface area contributed by atoms with Gasteiger partial charge in [-0.2, -0.15) is 0 Å². The van der Waals surface area contributed by atoms with Crippen LogP contribution in [0.2, 0.25) is 0 Å². The highest BCUT2D eigenvalue weighted by Crippen LogP contribution is 2.34. The minimum atomic E-state index is 0.484. The smallest absolute Gasteiger partial charge is 0.230 e. The number of rotatable bonds is 5. The van der Waals surface area contributed by atoms with E-state index < -0.39 is 0 Å². The maximum absolute atomic E-state index is 4.96. The average Bonchev–Trinajstić information content (AvgIpc) is 2.62. The highest BCUT2D eigenvalue weighted by atomic mass is 79.9. The third kappa shape index (κ3) is 4.50. The lowest BCUT2D eigenvalue weighted by atomic mass is 10.0. The number of anilines is 2. The van der Waals surface area contributed by atoms with Crippen LogP contribution in [-0.4, -0.2) is 21.5 Å². The van der Waals surface area contributed by atoms with Crippen molar-refractivity contribution in [3.8, 4) is 11.3 Å². The van der Waals surface area contributed by atoms with Crippen molar-refractivity contribution in [2.45, 2.75) is 54.4 Å². The quantitative estimate of drug-likeness (QED) is 0.425. The maximum Gasteiger partial charge on any atom is 0.230 e. The molecule has 0 atom stereocenters. The Labute approximate surface area is 182 Å². The van der Waals surface area contributed by atoms with Gasteiger partial charge in [-0.1, -0.05) is 19.9 Å². The summed E-state index contributed by atoms with van der Waals surface area (Å²) in [6, 6.07) is 10.7. The fourth-order valence-corrected chi connectivity index (χ4v) is 4.34. The Kier molecular flexibility index (Phi) is 6.37. The van der Waals surface area contributed by atoms with Gasteiger partial charge in [0.05, 0.1) is 11.4 Å². The molecule has 3 rings (SSSR count).